The molecule has 1 aliphatic carbocycles. The Kier molecular flexibility index (Phi) is 5.27. The number of anilines is 2. The van der Waals surface area contributed by atoms with Crippen molar-refractivity contribution in [3.8, 4) is 0 Å². The molecule has 0 bridgehead atoms. The lowest BCUT2D eigenvalue weighted by molar-refractivity contribution is -0.119. The fourth-order valence-electron chi connectivity index (χ4n) is 3.26. The molecular formula is C23H15ClN2O5. The van der Waals surface area contributed by atoms with Gasteiger partial charge in [0.1, 0.15) is 0 Å². The summed E-state index contributed by atoms with van der Waals surface area (Å²) in [5.74, 6) is -1.89. The molecular weight excluding hydrogens is 420 g/mol. The summed E-state index contributed by atoms with van der Waals surface area (Å²) in [4.78, 5) is 49.7. The van der Waals surface area contributed by atoms with Crippen molar-refractivity contribution in [2.75, 3.05) is 17.7 Å². The molecule has 1 aliphatic rings. The van der Waals surface area contributed by atoms with Gasteiger partial charge in [0, 0.05) is 27.9 Å². The van der Waals surface area contributed by atoms with Gasteiger partial charge in [0.15, 0.2) is 18.2 Å². The summed E-state index contributed by atoms with van der Waals surface area (Å²) in [6.07, 6.45) is 0. The summed E-state index contributed by atoms with van der Waals surface area (Å²) in [6, 6.07) is 15.3. The van der Waals surface area contributed by atoms with Crippen LogP contribution in [0.5, 0.6) is 0 Å². The highest BCUT2D eigenvalue weighted by molar-refractivity contribution is 6.33. The van der Waals surface area contributed by atoms with Gasteiger partial charge in [0.05, 0.1) is 16.3 Å². The average Bonchev–Trinajstić information content (AvgIpc) is 2.77. The first-order valence-electron chi connectivity index (χ1n) is 9.19. The van der Waals surface area contributed by atoms with Gasteiger partial charge in [-0.15, -0.1) is 0 Å². The number of ether oxygens (including phenoxy) is 1. The monoisotopic (exact) mass is 434 g/mol. The Labute approximate surface area is 181 Å². The molecule has 0 aromatic heterocycles. The van der Waals surface area contributed by atoms with Gasteiger partial charge in [0.25, 0.3) is 5.91 Å². The van der Waals surface area contributed by atoms with Crippen LogP contribution in [0.25, 0.3) is 0 Å². The molecule has 8 heteroatoms. The van der Waals surface area contributed by atoms with E-state index in [1.165, 1.54) is 36.4 Å². The van der Waals surface area contributed by atoms with Crippen molar-refractivity contribution >= 4 is 46.4 Å². The van der Waals surface area contributed by atoms with Crippen molar-refractivity contribution in [1.82, 2.24) is 0 Å². The number of rotatable bonds is 4. The molecule has 154 valence electrons. The van der Waals surface area contributed by atoms with Crippen LogP contribution in [0.4, 0.5) is 11.4 Å². The third kappa shape index (κ3) is 3.91. The maximum atomic E-state index is 12.8. The first-order valence-corrected chi connectivity index (χ1v) is 9.57. The highest BCUT2D eigenvalue weighted by atomic mass is 35.5. The Morgan fingerprint density at radius 2 is 1.52 bits per heavy atom. The molecule has 0 radical (unpaired) electrons. The third-order valence-electron chi connectivity index (χ3n) is 4.77. The van der Waals surface area contributed by atoms with Crippen LogP contribution in [-0.4, -0.2) is 30.0 Å². The summed E-state index contributed by atoms with van der Waals surface area (Å²) in [5.41, 5.74) is 7.48. The fourth-order valence-corrected chi connectivity index (χ4v) is 3.38. The zero-order valence-corrected chi connectivity index (χ0v) is 16.7. The SMILES string of the molecule is Nc1cc(C(=O)OCC(=O)Nc2ccc3c(c2)C(=O)c2ccccc2C3=O)ccc1Cl. The third-order valence-corrected chi connectivity index (χ3v) is 5.12. The first kappa shape index (κ1) is 20.3. The molecule has 3 N–H and O–H groups in total. The summed E-state index contributed by atoms with van der Waals surface area (Å²) in [5, 5.41) is 2.86. The number of fused-ring (bicyclic) bond motifs is 2. The number of benzene rings is 3. The van der Waals surface area contributed by atoms with E-state index in [1.54, 1.807) is 24.3 Å². The Balaban J connectivity index is 1.45. The summed E-state index contributed by atoms with van der Waals surface area (Å²) in [7, 11) is 0. The second kappa shape index (κ2) is 8.04. The molecule has 0 heterocycles. The number of amides is 1. The molecule has 1 amide bonds. The standard InChI is InChI=1S/C23H15ClN2O5/c24-18-8-5-12(9-19(18)25)23(30)31-11-20(27)26-13-6-7-16-17(10-13)22(29)15-4-2-1-3-14(15)21(16)28/h1-10H,11,25H2,(H,26,27). The van der Waals surface area contributed by atoms with E-state index in [0.29, 0.717) is 21.8 Å². The predicted octanol–water partition coefficient (Wildman–Crippen LogP) is 3.49. The molecule has 0 unspecified atom stereocenters. The van der Waals surface area contributed by atoms with Gasteiger partial charge in [-0.25, -0.2) is 4.79 Å². The minimum Gasteiger partial charge on any atom is -0.452 e. The number of nitrogen functional groups attached to an aromatic ring is 1. The molecule has 0 aliphatic heterocycles. The number of nitrogens with one attached hydrogen (secondary N) is 1. The van der Waals surface area contributed by atoms with Crippen LogP contribution in [0.1, 0.15) is 42.2 Å². The van der Waals surface area contributed by atoms with Crippen LogP contribution in [0, 0.1) is 0 Å². The van der Waals surface area contributed by atoms with Gasteiger partial charge < -0.3 is 15.8 Å². The van der Waals surface area contributed by atoms with Gasteiger partial charge in [-0.1, -0.05) is 35.9 Å². The summed E-state index contributed by atoms with van der Waals surface area (Å²) in [6.45, 7) is -0.547. The topological polar surface area (TPSA) is 116 Å². The van der Waals surface area contributed by atoms with E-state index in [0.717, 1.165) is 0 Å². The number of halogens is 1. The molecule has 4 rings (SSSR count). The van der Waals surface area contributed by atoms with Crippen LogP contribution < -0.4 is 11.1 Å². The lowest BCUT2D eigenvalue weighted by atomic mass is 9.84. The smallest absolute Gasteiger partial charge is 0.338 e. The zero-order valence-electron chi connectivity index (χ0n) is 16.0. The molecule has 0 spiro atoms. The molecule has 31 heavy (non-hydrogen) atoms. The van der Waals surface area contributed by atoms with E-state index in [4.69, 9.17) is 22.1 Å². The predicted molar refractivity (Wildman–Crippen MR) is 115 cm³/mol. The van der Waals surface area contributed by atoms with E-state index in [1.807, 2.05) is 0 Å². The van der Waals surface area contributed by atoms with E-state index < -0.39 is 18.5 Å². The lowest BCUT2D eigenvalue weighted by Gasteiger charge is -2.18. The number of carbonyl (C=O) groups excluding carboxylic acids is 4. The zero-order chi connectivity index (χ0) is 22.1. The normalized spacial score (nSPS) is 12.0. The molecule has 0 atom stereocenters. The van der Waals surface area contributed by atoms with Crippen molar-refractivity contribution in [3.05, 3.63) is 93.5 Å². The highest BCUT2D eigenvalue weighted by Crippen LogP contribution is 2.29. The van der Waals surface area contributed by atoms with Gasteiger partial charge in [-0.2, -0.15) is 0 Å². The van der Waals surface area contributed by atoms with Crippen LogP contribution >= 0.6 is 11.6 Å². The quantitative estimate of drug-likeness (QED) is 0.375. The van der Waals surface area contributed by atoms with Crippen molar-refractivity contribution in [2.24, 2.45) is 0 Å². The Hall–Kier alpha value is -3.97. The highest BCUT2D eigenvalue weighted by Gasteiger charge is 2.29. The number of carbonyl (C=O) groups is 4. The van der Waals surface area contributed by atoms with Crippen molar-refractivity contribution in [3.63, 3.8) is 0 Å². The number of nitrogens with two attached hydrogens (primary N) is 1. The van der Waals surface area contributed by atoms with E-state index in [9.17, 15) is 19.2 Å². The molecule has 0 saturated heterocycles. The fraction of sp³-hybridized carbons (Fsp3) is 0.0435. The number of ketones is 2. The first-order chi connectivity index (χ1) is 14.8. The van der Waals surface area contributed by atoms with Gasteiger partial charge in [-0.05, 0) is 36.4 Å². The number of hydrogen-bond donors (Lipinski definition) is 2. The lowest BCUT2D eigenvalue weighted by Crippen LogP contribution is -2.23. The van der Waals surface area contributed by atoms with Gasteiger partial charge >= 0.3 is 5.97 Å². The summed E-state index contributed by atoms with van der Waals surface area (Å²) >= 11 is 5.81. The second-order valence-corrected chi connectivity index (χ2v) is 7.23. The van der Waals surface area contributed by atoms with E-state index in [-0.39, 0.29) is 33.9 Å². The molecule has 7 nitrogen and oxygen atoms in total. The van der Waals surface area contributed by atoms with Crippen molar-refractivity contribution < 1.29 is 23.9 Å². The number of esters is 1. The maximum Gasteiger partial charge on any atom is 0.338 e. The number of hydrogen-bond acceptors (Lipinski definition) is 6. The van der Waals surface area contributed by atoms with Crippen LogP contribution in [0.15, 0.2) is 60.7 Å². The minimum absolute atomic E-state index is 0.159. The van der Waals surface area contributed by atoms with Crippen molar-refractivity contribution in [2.45, 2.75) is 0 Å². The molecule has 3 aromatic carbocycles. The van der Waals surface area contributed by atoms with E-state index in [2.05, 4.69) is 5.32 Å². The Morgan fingerprint density at radius 1 is 0.871 bits per heavy atom. The largest absolute Gasteiger partial charge is 0.452 e. The second-order valence-electron chi connectivity index (χ2n) is 6.82. The Morgan fingerprint density at radius 3 is 2.19 bits per heavy atom. The molecule has 0 saturated carbocycles. The summed E-state index contributed by atoms with van der Waals surface area (Å²) < 4.78 is 4.98. The minimum atomic E-state index is -0.735. The molecule has 3 aromatic rings. The average molecular weight is 435 g/mol. The Bertz CT molecular complexity index is 1270. The van der Waals surface area contributed by atoms with Crippen LogP contribution in [0.3, 0.4) is 0 Å². The van der Waals surface area contributed by atoms with Gasteiger partial charge in [0.2, 0.25) is 0 Å². The maximum absolute atomic E-state index is 12.8. The van der Waals surface area contributed by atoms with Gasteiger partial charge in [-0.3, -0.25) is 14.4 Å². The van der Waals surface area contributed by atoms with Crippen LogP contribution in [0.2, 0.25) is 5.02 Å². The van der Waals surface area contributed by atoms with Crippen LogP contribution in [-0.2, 0) is 9.53 Å². The molecule has 0 fully saturated rings. The van der Waals surface area contributed by atoms with Crippen molar-refractivity contribution in [1.29, 1.82) is 0 Å². The van der Waals surface area contributed by atoms with E-state index >= 15 is 0 Å².